The topological polar surface area (TPSA) is 72.8 Å². The van der Waals surface area contributed by atoms with Gasteiger partial charge < -0.3 is 20.4 Å². The third kappa shape index (κ3) is 3.64. The minimum atomic E-state index is -0.293. The van der Waals surface area contributed by atoms with Gasteiger partial charge in [-0.3, -0.25) is 4.79 Å². The molecular formula is C12H18N2O3. The first-order valence-corrected chi connectivity index (χ1v) is 5.38. The van der Waals surface area contributed by atoms with E-state index in [0.29, 0.717) is 12.1 Å². The van der Waals surface area contributed by atoms with Gasteiger partial charge >= 0.3 is 0 Å². The Kier molecular flexibility index (Phi) is 4.34. The molecule has 0 aliphatic heterocycles. The summed E-state index contributed by atoms with van der Waals surface area (Å²) >= 11 is 0. The maximum absolute atomic E-state index is 11.7. The molecule has 1 rings (SSSR count). The van der Waals surface area contributed by atoms with E-state index in [-0.39, 0.29) is 23.4 Å². The normalized spacial score (nSPS) is 12.5. The molecule has 0 aliphatic rings. The lowest BCUT2D eigenvalue weighted by Gasteiger charge is -2.19. The maximum atomic E-state index is 11.7. The molecule has 17 heavy (non-hydrogen) atoms. The standard InChI is InChI=1S/C12H18N2O3/c1-8(14(2)3)7-13-12(17)9-4-5-10(15)11(16)6-9/h4-6,8,15-16H,7H2,1-3H3,(H,13,17). The van der Waals surface area contributed by atoms with Crippen molar-refractivity contribution in [2.24, 2.45) is 0 Å². The predicted octanol–water partition coefficient (Wildman–Crippen LogP) is 0.778. The van der Waals surface area contributed by atoms with Gasteiger partial charge in [-0.25, -0.2) is 0 Å². The highest BCUT2D eigenvalue weighted by Gasteiger charge is 2.10. The van der Waals surface area contributed by atoms with Crippen molar-refractivity contribution in [3.05, 3.63) is 23.8 Å². The number of rotatable bonds is 4. The van der Waals surface area contributed by atoms with Crippen LogP contribution >= 0.6 is 0 Å². The predicted molar refractivity (Wildman–Crippen MR) is 65.3 cm³/mol. The van der Waals surface area contributed by atoms with E-state index < -0.39 is 0 Å². The first-order chi connectivity index (χ1) is 7.91. The molecular weight excluding hydrogens is 220 g/mol. The summed E-state index contributed by atoms with van der Waals surface area (Å²) < 4.78 is 0. The zero-order valence-corrected chi connectivity index (χ0v) is 10.3. The molecule has 0 radical (unpaired) electrons. The van der Waals surface area contributed by atoms with Crippen LogP contribution in [0.2, 0.25) is 0 Å². The van der Waals surface area contributed by atoms with Gasteiger partial charge in [-0.05, 0) is 39.2 Å². The van der Waals surface area contributed by atoms with Gasteiger partial charge in [-0.1, -0.05) is 0 Å². The number of hydrogen-bond donors (Lipinski definition) is 3. The van der Waals surface area contributed by atoms with Gasteiger partial charge in [-0.15, -0.1) is 0 Å². The zero-order valence-electron chi connectivity index (χ0n) is 10.3. The number of phenols is 2. The number of carbonyl (C=O) groups excluding carboxylic acids is 1. The van der Waals surface area contributed by atoms with Crippen LogP contribution in [-0.2, 0) is 0 Å². The Bertz CT molecular complexity index is 405. The fourth-order valence-corrected chi connectivity index (χ4v) is 1.19. The molecule has 0 aromatic heterocycles. The molecule has 1 atom stereocenters. The maximum Gasteiger partial charge on any atom is 0.251 e. The fourth-order valence-electron chi connectivity index (χ4n) is 1.19. The number of aromatic hydroxyl groups is 2. The van der Waals surface area contributed by atoms with Crippen LogP contribution in [0.1, 0.15) is 17.3 Å². The van der Waals surface area contributed by atoms with Gasteiger partial charge in [0, 0.05) is 18.2 Å². The summed E-state index contributed by atoms with van der Waals surface area (Å²) in [5.74, 6) is -0.796. The van der Waals surface area contributed by atoms with E-state index in [2.05, 4.69) is 5.32 Å². The fraction of sp³-hybridized carbons (Fsp3) is 0.417. The van der Waals surface area contributed by atoms with Crippen LogP contribution in [-0.4, -0.2) is 47.7 Å². The number of amides is 1. The van der Waals surface area contributed by atoms with Gasteiger partial charge in [0.05, 0.1) is 0 Å². The van der Waals surface area contributed by atoms with Crippen LogP contribution in [0.3, 0.4) is 0 Å². The summed E-state index contributed by atoms with van der Waals surface area (Å²) in [6.45, 7) is 2.52. The molecule has 1 unspecified atom stereocenters. The monoisotopic (exact) mass is 238 g/mol. The molecule has 0 spiro atoms. The molecule has 0 saturated heterocycles. The largest absolute Gasteiger partial charge is 0.504 e. The quantitative estimate of drug-likeness (QED) is 0.678. The summed E-state index contributed by atoms with van der Waals surface area (Å²) in [6, 6.07) is 4.22. The summed E-state index contributed by atoms with van der Waals surface area (Å²) in [5.41, 5.74) is 0.325. The first kappa shape index (κ1) is 13.3. The van der Waals surface area contributed by atoms with Crippen LogP contribution in [0.4, 0.5) is 0 Å². The molecule has 3 N–H and O–H groups in total. The number of likely N-dealkylation sites (N-methyl/N-ethyl adjacent to an activating group) is 1. The average molecular weight is 238 g/mol. The van der Waals surface area contributed by atoms with Crippen molar-refractivity contribution in [2.45, 2.75) is 13.0 Å². The molecule has 5 heteroatoms. The van der Waals surface area contributed by atoms with Crippen LogP contribution in [0.15, 0.2) is 18.2 Å². The van der Waals surface area contributed by atoms with E-state index in [0.717, 1.165) is 0 Å². The second kappa shape index (κ2) is 5.54. The first-order valence-electron chi connectivity index (χ1n) is 5.38. The second-order valence-electron chi connectivity index (χ2n) is 4.23. The Morgan fingerprint density at radius 3 is 2.53 bits per heavy atom. The highest BCUT2D eigenvalue weighted by molar-refractivity contribution is 5.94. The molecule has 0 saturated carbocycles. The lowest BCUT2D eigenvalue weighted by molar-refractivity contribution is 0.0943. The number of carbonyl (C=O) groups is 1. The Morgan fingerprint density at radius 2 is 2.00 bits per heavy atom. The molecule has 1 amide bonds. The third-order valence-corrected chi connectivity index (χ3v) is 2.68. The van der Waals surface area contributed by atoms with Gasteiger partial charge in [0.25, 0.3) is 5.91 Å². The van der Waals surface area contributed by atoms with Gasteiger partial charge in [-0.2, -0.15) is 0 Å². The Labute approximate surface area is 101 Å². The second-order valence-corrected chi connectivity index (χ2v) is 4.23. The van der Waals surface area contributed by atoms with E-state index in [1.807, 2.05) is 25.9 Å². The zero-order chi connectivity index (χ0) is 13.0. The van der Waals surface area contributed by atoms with Crippen molar-refractivity contribution in [3.63, 3.8) is 0 Å². The lowest BCUT2D eigenvalue weighted by atomic mass is 10.2. The summed E-state index contributed by atoms with van der Waals surface area (Å²) in [7, 11) is 3.87. The minimum Gasteiger partial charge on any atom is -0.504 e. The number of hydrogen-bond acceptors (Lipinski definition) is 4. The van der Waals surface area contributed by atoms with Crippen molar-refractivity contribution >= 4 is 5.91 Å². The van der Waals surface area contributed by atoms with Crippen molar-refractivity contribution in [2.75, 3.05) is 20.6 Å². The molecule has 1 aromatic carbocycles. The smallest absolute Gasteiger partial charge is 0.251 e. The lowest BCUT2D eigenvalue weighted by Crippen LogP contribution is -2.38. The summed E-state index contributed by atoms with van der Waals surface area (Å²) in [6.07, 6.45) is 0. The molecule has 0 bridgehead atoms. The summed E-state index contributed by atoms with van der Waals surface area (Å²) in [4.78, 5) is 13.7. The SMILES string of the molecule is CC(CNC(=O)c1ccc(O)c(O)c1)N(C)C. The van der Waals surface area contributed by atoms with Crippen molar-refractivity contribution in [1.82, 2.24) is 10.2 Å². The Balaban J connectivity index is 2.61. The Morgan fingerprint density at radius 1 is 1.35 bits per heavy atom. The van der Waals surface area contributed by atoms with Crippen molar-refractivity contribution in [1.29, 1.82) is 0 Å². The number of phenolic OH excluding ortho intramolecular Hbond substituents is 2. The van der Waals surface area contributed by atoms with E-state index in [9.17, 15) is 9.90 Å². The third-order valence-electron chi connectivity index (χ3n) is 2.68. The molecule has 5 nitrogen and oxygen atoms in total. The molecule has 0 aliphatic carbocycles. The minimum absolute atomic E-state index is 0.227. The van der Waals surface area contributed by atoms with Crippen LogP contribution in [0.25, 0.3) is 0 Å². The van der Waals surface area contributed by atoms with Crippen LogP contribution < -0.4 is 5.32 Å². The average Bonchev–Trinajstić information content (AvgIpc) is 2.28. The Hall–Kier alpha value is -1.75. The number of nitrogens with zero attached hydrogens (tertiary/aromatic N) is 1. The van der Waals surface area contributed by atoms with E-state index >= 15 is 0 Å². The molecule has 0 fully saturated rings. The molecule has 0 heterocycles. The van der Waals surface area contributed by atoms with Crippen LogP contribution in [0.5, 0.6) is 11.5 Å². The van der Waals surface area contributed by atoms with Gasteiger partial charge in [0.2, 0.25) is 0 Å². The number of nitrogens with one attached hydrogen (secondary N) is 1. The molecule has 94 valence electrons. The van der Waals surface area contributed by atoms with Gasteiger partial charge in [0.15, 0.2) is 11.5 Å². The van der Waals surface area contributed by atoms with Crippen molar-refractivity contribution < 1.29 is 15.0 Å². The van der Waals surface area contributed by atoms with E-state index in [1.165, 1.54) is 18.2 Å². The van der Waals surface area contributed by atoms with E-state index in [4.69, 9.17) is 5.11 Å². The van der Waals surface area contributed by atoms with E-state index in [1.54, 1.807) is 0 Å². The summed E-state index contributed by atoms with van der Waals surface area (Å²) in [5, 5.41) is 21.2. The highest BCUT2D eigenvalue weighted by atomic mass is 16.3. The molecule has 1 aromatic rings. The van der Waals surface area contributed by atoms with Gasteiger partial charge in [0.1, 0.15) is 0 Å². The van der Waals surface area contributed by atoms with Crippen molar-refractivity contribution in [3.8, 4) is 11.5 Å². The highest BCUT2D eigenvalue weighted by Crippen LogP contribution is 2.24. The van der Waals surface area contributed by atoms with Crippen LogP contribution in [0, 0.1) is 0 Å². The number of benzene rings is 1.